The lowest BCUT2D eigenvalue weighted by Crippen LogP contribution is -2.16. The molecule has 1 rings (SSSR count). The van der Waals surface area contributed by atoms with Crippen molar-refractivity contribution >= 4 is 17.6 Å². The van der Waals surface area contributed by atoms with E-state index in [1.54, 1.807) is 0 Å². The Morgan fingerprint density at radius 3 is 2.56 bits per heavy atom. The summed E-state index contributed by atoms with van der Waals surface area (Å²) in [7, 11) is 0. The molecule has 0 radical (unpaired) electrons. The molecule has 0 heterocycles. The Balaban J connectivity index is 3.10. The summed E-state index contributed by atoms with van der Waals surface area (Å²) in [5, 5.41) is 9.31. The maximum atomic E-state index is 12.5. The molecule has 1 N–H and O–H groups in total. The van der Waals surface area contributed by atoms with Crippen molar-refractivity contribution in [3.05, 3.63) is 34.3 Å². The third-order valence-electron chi connectivity index (χ3n) is 2.07. The molecule has 1 atom stereocenters. The molecule has 0 aliphatic rings. The van der Waals surface area contributed by atoms with E-state index in [-0.39, 0.29) is 17.2 Å². The number of aliphatic hydroxyl groups is 1. The molecule has 18 heavy (non-hydrogen) atoms. The average molecular weight is 283 g/mol. The summed E-state index contributed by atoms with van der Waals surface area (Å²) in [5.74, 6) is -1.02. The molecular formula is C11H10ClF3O3. The lowest BCUT2D eigenvalue weighted by molar-refractivity contribution is -0.153. The van der Waals surface area contributed by atoms with Gasteiger partial charge in [0.2, 0.25) is 0 Å². The van der Waals surface area contributed by atoms with E-state index in [2.05, 4.69) is 4.74 Å². The quantitative estimate of drug-likeness (QED) is 0.867. The fourth-order valence-electron chi connectivity index (χ4n) is 1.29. The number of hydrogen-bond acceptors (Lipinski definition) is 3. The van der Waals surface area contributed by atoms with Gasteiger partial charge in [-0.2, -0.15) is 13.2 Å². The first-order chi connectivity index (χ1) is 8.25. The molecule has 3 nitrogen and oxygen atoms in total. The van der Waals surface area contributed by atoms with Gasteiger partial charge in [-0.1, -0.05) is 11.6 Å². The van der Waals surface area contributed by atoms with E-state index in [1.807, 2.05) is 0 Å². The van der Waals surface area contributed by atoms with Gasteiger partial charge in [-0.15, -0.1) is 0 Å². The van der Waals surface area contributed by atoms with E-state index in [4.69, 9.17) is 11.6 Å². The smallest absolute Gasteiger partial charge is 0.416 e. The highest BCUT2D eigenvalue weighted by Crippen LogP contribution is 2.33. The molecule has 0 spiro atoms. The first-order valence-electron chi connectivity index (χ1n) is 4.98. The van der Waals surface area contributed by atoms with Crippen molar-refractivity contribution in [3.8, 4) is 0 Å². The normalized spacial score (nSPS) is 13.2. The number of halogens is 4. The van der Waals surface area contributed by atoms with Crippen molar-refractivity contribution in [2.24, 2.45) is 0 Å². The minimum Gasteiger partial charge on any atom is -0.464 e. The van der Waals surface area contributed by atoms with Crippen LogP contribution in [0.5, 0.6) is 0 Å². The van der Waals surface area contributed by atoms with Crippen LogP contribution in [0.2, 0.25) is 5.02 Å². The van der Waals surface area contributed by atoms with Crippen molar-refractivity contribution in [2.45, 2.75) is 19.2 Å². The zero-order valence-corrected chi connectivity index (χ0v) is 10.0. The van der Waals surface area contributed by atoms with Crippen LogP contribution in [-0.2, 0) is 15.7 Å². The van der Waals surface area contributed by atoms with E-state index < -0.39 is 23.8 Å². The summed E-state index contributed by atoms with van der Waals surface area (Å²) in [4.78, 5) is 11.2. The van der Waals surface area contributed by atoms with Crippen molar-refractivity contribution in [1.29, 1.82) is 0 Å². The molecule has 0 saturated carbocycles. The van der Waals surface area contributed by atoms with E-state index >= 15 is 0 Å². The molecule has 0 fully saturated rings. The van der Waals surface area contributed by atoms with Crippen LogP contribution < -0.4 is 0 Å². The number of hydrogen-bond donors (Lipinski definition) is 1. The fourth-order valence-corrected chi connectivity index (χ4v) is 1.53. The van der Waals surface area contributed by atoms with Gasteiger partial charge in [-0.3, -0.25) is 0 Å². The monoisotopic (exact) mass is 282 g/mol. The highest BCUT2D eigenvalue weighted by Gasteiger charge is 2.32. The fraction of sp³-hybridized carbons (Fsp3) is 0.364. The Hall–Kier alpha value is -1.27. The van der Waals surface area contributed by atoms with E-state index in [9.17, 15) is 23.1 Å². The number of carbonyl (C=O) groups excluding carboxylic acids is 1. The highest BCUT2D eigenvalue weighted by atomic mass is 35.5. The summed E-state index contributed by atoms with van der Waals surface area (Å²) in [5.41, 5.74) is -1.29. The van der Waals surface area contributed by atoms with E-state index in [1.165, 1.54) is 6.92 Å². The van der Waals surface area contributed by atoms with Gasteiger partial charge >= 0.3 is 12.1 Å². The summed E-state index contributed by atoms with van der Waals surface area (Å²) in [6.45, 7) is 1.53. The van der Waals surface area contributed by atoms with Crippen LogP contribution in [0.1, 0.15) is 24.2 Å². The molecule has 0 aromatic heterocycles. The highest BCUT2D eigenvalue weighted by molar-refractivity contribution is 6.30. The van der Waals surface area contributed by atoms with Crippen LogP contribution in [0.15, 0.2) is 18.2 Å². The number of aliphatic hydroxyl groups excluding tert-OH is 1. The lowest BCUT2D eigenvalue weighted by Gasteiger charge is -2.13. The largest absolute Gasteiger partial charge is 0.464 e. The standard InChI is InChI=1S/C11H10ClF3O3/c1-2-18-10(17)9(16)6-3-7(11(13,14)15)5-8(12)4-6/h3-5,9,16H,2H2,1H3. The minimum absolute atomic E-state index is 0.0165. The number of ether oxygens (including phenoxy) is 1. The Morgan fingerprint density at radius 1 is 1.44 bits per heavy atom. The van der Waals surface area contributed by atoms with Gasteiger partial charge in [-0.05, 0) is 30.7 Å². The number of alkyl halides is 3. The molecule has 1 aromatic carbocycles. The van der Waals surface area contributed by atoms with Gasteiger partial charge in [0, 0.05) is 5.02 Å². The van der Waals surface area contributed by atoms with E-state index in [0.29, 0.717) is 12.1 Å². The zero-order chi connectivity index (χ0) is 13.9. The molecule has 0 aliphatic heterocycles. The second kappa shape index (κ2) is 5.58. The summed E-state index contributed by atoms with van der Waals surface area (Å²) in [6, 6.07) is 2.45. The Bertz CT molecular complexity index is 446. The zero-order valence-electron chi connectivity index (χ0n) is 9.29. The van der Waals surface area contributed by atoms with Crippen LogP contribution in [0, 0.1) is 0 Å². The van der Waals surface area contributed by atoms with Gasteiger partial charge in [-0.25, -0.2) is 4.79 Å². The lowest BCUT2D eigenvalue weighted by atomic mass is 10.1. The van der Waals surface area contributed by atoms with Gasteiger partial charge < -0.3 is 9.84 Å². The van der Waals surface area contributed by atoms with Crippen LogP contribution in [0.25, 0.3) is 0 Å². The van der Waals surface area contributed by atoms with Crippen LogP contribution in [0.4, 0.5) is 13.2 Å². The first-order valence-corrected chi connectivity index (χ1v) is 5.36. The van der Waals surface area contributed by atoms with Gasteiger partial charge in [0.15, 0.2) is 6.10 Å². The maximum Gasteiger partial charge on any atom is 0.416 e. The van der Waals surface area contributed by atoms with Crippen molar-refractivity contribution in [3.63, 3.8) is 0 Å². The molecule has 1 aromatic rings. The summed E-state index contributed by atoms with van der Waals surface area (Å²) in [6.07, 6.45) is -6.39. The number of esters is 1. The predicted molar refractivity (Wildman–Crippen MR) is 58.0 cm³/mol. The van der Waals surface area contributed by atoms with E-state index in [0.717, 1.165) is 6.07 Å². The van der Waals surface area contributed by atoms with Crippen LogP contribution in [-0.4, -0.2) is 17.7 Å². The second-order valence-electron chi connectivity index (χ2n) is 3.43. The number of benzene rings is 1. The Labute approximate surface area is 106 Å². The van der Waals surface area contributed by atoms with Crippen molar-refractivity contribution < 1.29 is 27.8 Å². The maximum absolute atomic E-state index is 12.5. The molecule has 1 unspecified atom stereocenters. The Kier molecular flexibility index (Phi) is 4.59. The SMILES string of the molecule is CCOC(=O)C(O)c1cc(Cl)cc(C(F)(F)F)c1. The predicted octanol–water partition coefficient (Wildman–Crippen LogP) is 2.96. The van der Waals surface area contributed by atoms with Crippen molar-refractivity contribution in [2.75, 3.05) is 6.61 Å². The van der Waals surface area contributed by atoms with Gasteiger partial charge in [0.05, 0.1) is 12.2 Å². The van der Waals surface area contributed by atoms with Crippen LogP contribution in [0.3, 0.4) is 0 Å². The molecule has 7 heteroatoms. The minimum atomic E-state index is -4.60. The molecule has 0 amide bonds. The summed E-state index contributed by atoms with van der Waals surface area (Å²) < 4.78 is 42.0. The molecule has 0 aliphatic carbocycles. The number of rotatable bonds is 3. The molecular weight excluding hydrogens is 273 g/mol. The number of carbonyl (C=O) groups is 1. The van der Waals surface area contributed by atoms with Gasteiger partial charge in [0.25, 0.3) is 0 Å². The van der Waals surface area contributed by atoms with Crippen molar-refractivity contribution in [1.82, 2.24) is 0 Å². The summed E-state index contributed by atoms with van der Waals surface area (Å²) >= 11 is 5.52. The first kappa shape index (κ1) is 14.8. The van der Waals surface area contributed by atoms with Crippen LogP contribution >= 0.6 is 11.6 Å². The average Bonchev–Trinajstić information content (AvgIpc) is 2.26. The Morgan fingerprint density at radius 2 is 2.06 bits per heavy atom. The van der Waals surface area contributed by atoms with Gasteiger partial charge in [0.1, 0.15) is 0 Å². The third-order valence-corrected chi connectivity index (χ3v) is 2.29. The third kappa shape index (κ3) is 3.61. The molecule has 0 bridgehead atoms. The molecule has 100 valence electrons. The topological polar surface area (TPSA) is 46.5 Å². The molecule has 0 saturated heterocycles. The second-order valence-corrected chi connectivity index (χ2v) is 3.86.